The lowest BCUT2D eigenvalue weighted by Crippen LogP contribution is -2.39. The Morgan fingerprint density at radius 1 is 1.33 bits per heavy atom. The molecule has 0 spiro atoms. The summed E-state index contributed by atoms with van der Waals surface area (Å²) >= 11 is 0. The Morgan fingerprint density at radius 3 is 2.71 bits per heavy atom. The summed E-state index contributed by atoms with van der Waals surface area (Å²) in [5.74, 6) is 0.356. The smallest absolute Gasteiger partial charge is 0.211 e. The summed E-state index contributed by atoms with van der Waals surface area (Å²) in [6, 6.07) is 7.90. The van der Waals surface area contributed by atoms with Gasteiger partial charge in [0.05, 0.1) is 6.26 Å². The number of hydrogen-bond acceptors (Lipinski definition) is 3. The van der Waals surface area contributed by atoms with E-state index < -0.39 is 10.0 Å². The Morgan fingerprint density at radius 2 is 2.05 bits per heavy atom. The van der Waals surface area contributed by atoms with E-state index in [2.05, 4.69) is 0 Å². The molecule has 1 aliphatic heterocycles. The number of carbonyl (C=O) groups is 1. The van der Waals surface area contributed by atoms with Crippen molar-refractivity contribution in [3.05, 3.63) is 35.4 Å². The van der Waals surface area contributed by atoms with Crippen molar-refractivity contribution in [3.8, 4) is 0 Å². The third-order valence-electron chi connectivity index (χ3n) is 4.12. The molecule has 0 amide bonds. The van der Waals surface area contributed by atoms with E-state index in [1.165, 1.54) is 10.6 Å². The predicted octanol–water partition coefficient (Wildman–Crippen LogP) is 2.17. The summed E-state index contributed by atoms with van der Waals surface area (Å²) in [4.78, 5) is 12.2. The highest BCUT2D eigenvalue weighted by Gasteiger charge is 2.27. The van der Waals surface area contributed by atoms with Gasteiger partial charge in [0, 0.05) is 25.9 Å². The molecule has 1 atom stereocenters. The SMILES string of the molecule is Cc1ccccc1CC(=O)CC1CCCN(S(C)(=O)=O)C1. The minimum atomic E-state index is -3.14. The highest BCUT2D eigenvalue weighted by atomic mass is 32.2. The maximum atomic E-state index is 12.2. The van der Waals surface area contributed by atoms with Crippen molar-refractivity contribution >= 4 is 15.8 Å². The number of piperidine rings is 1. The van der Waals surface area contributed by atoms with Crippen LogP contribution in [0.3, 0.4) is 0 Å². The average Bonchev–Trinajstić information content (AvgIpc) is 2.41. The zero-order chi connectivity index (χ0) is 15.5. The van der Waals surface area contributed by atoms with Gasteiger partial charge in [0.1, 0.15) is 5.78 Å². The van der Waals surface area contributed by atoms with E-state index in [1.54, 1.807) is 0 Å². The number of Topliss-reactive ketones (excluding diaryl/α,β-unsaturated/α-hetero) is 1. The number of ketones is 1. The first kappa shape index (κ1) is 16.2. The molecular weight excluding hydrogens is 286 g/mol. The Labute approximate surface area is 127 Å². The van der Waals surface area contributed by atoms with Crippen LogP contribution in [0.5, 0.6) is 0 Å². The molecule has 116 valence electrons. The van der Waals surface area contributed by atoms with Crippen LogP contribution in [0, 0.1) is 12.8 Å². The first-order chi connectivity index (χ1) is 9.86. The van der Waals surface area contributed by atoms with Crippen molar-refractivity contribution in [2.75, 3.05) is 19.3 Å². The van der Waals surface area contributed by atoms with Gasteiger partial charge in [-0.1, -0.05) is 24.3 Å². The van der Waals surface area contributed by atoms with Gasteiger partial charge in [-0.05, 0) is 36.8 Å². The summed E-state index contributed by atoms with van der Waals surface area (Å²) in [6.07, 6.45) is 3.94. The number of nitrogens with zero attached hydrogens (tertiary/aromatic N) is 1. The molecule has 0 bridgehead atoms. The van der Waals surface area contributed by atoms with E-state index in [0.29, 0.717) is 25.9 Å². The Balaban J connectivity index is 1.92. The minimum absolute atomic E-state index is 0.157. The second kappa shape index (κ2) is 6.71. The van der Waals surface area contributed by atoms with Crippen LogP contribution in [0.4, 0.5) is 0 Å². The van der Waals surface area contributed by atoms with E-state index in [-0.39, 0.29) is 11.7 Å². The molecule has 1 heterocycles. The highest BCUT2D eigenvalue weighted by molar-refractivity contribution is 7.88. The number of rotatable bonds is 5. The molecule has 1 fully saturated rings. The summed E-state index contributed by atoms with van der Waals surface area (Å²) < 4.78 is 24.7. The summed E-state index contributed by atoms with van der Waals surface area (Å²) in [5, 5.41) is 0. The fraction of sp³-hybridized carbons (Fsp3) is 0.562. The summed E-state index contributed by atoms with van der Waals surface area (Å²) in [6.45, 7) is 3.08. The van der Waals surface area contributed by atoms with E-state index >= 15 is 0 Å². The van der Waals surface area contributed by atoms with Crippen LogP contribution in [-0.2, 0) is 21.2 Å². The lowest BCUT2D eigenvalue weighted by molar-refractivity contribution is -0.119. The minimum Gasteiger partial charge on any atom is -0.299 e. The predicted molar refractivity (Wildman–Crippen MR) is 83.6 cm³/mol. The summed E-state index contributed by atoms with van der Waals surface area (Å²) in [5.41, 5.74) is 2.20. The van der Waals surface area contributed by atoms with Gasteiger partial charge < -0.3 is 0 Å². The lowest BCUT2D eigenvalue weighted by Gasteiger charge is -2.30. The maximum Gasteiger partial charge on any atom is 0.211 e. The third-order valence-corrected chi connectivity index (χ3v) is 5.39. The second-order valence-corrected chi connectivity index (χ2v) is 7.96. The molecule has 4 nitrogen and oxygen atoms in total. The van der Waals surface area contributed by atoms with Crippen molar-refractivity contribution in [2.45, 2.75) is 32.6 Å². The van der Waals surface area contributed by atoms with Crippen LogP contribution < -0.4 is 0 Å². The second-order valence-electron chi connectivity index (χ2n) is 5.98. The summed E-state index contributed by atoms with van der Waals surface area (Å²) in [7, 11) is -3.14. The molecule has 21 heavy (non-hydrogen) atoms. The van der Waals surface area contributed by atoms with Crippen LogP contribution in [0.15, 0.2) is 24.3 Å². The molecule has 0 aromatic heterocycles. The first-order valence-corrected chi connectivity index (χ1v) is 9.22. The van der Waals surface area contributed by atoms with Gasteiger partial charge in [0.25, 0.3) is 0 Å². The van der Waals surface area contributed by atoms with Crippen molar-refractivity contribution < 1.29 is 13.2 Å². The van der Waals surface area contributed by atoms with Gasteiger partial charge in [0.2, 0.25) is 10.0 Å². The highest BCUT2D eigenvalue weighted by Crippen LogP contribution is 2.22. The topological polar surface area (TPSA) is 54.5 Å². The molecule has 2 rings (SSSR count). The molecule has 0 saturated carbocycles. The Kier molecular flexibility index (Phi) is 5.17. The van der Waals surface area contributed by atoms with E-state index in [4.69, 9.17) is 0 Å². The maximum absolute atomic E-state index is 12.2. The Hall–Kier alpha value is -1.20. The Bertz CT molecular complexity index is 610. The molecule has 1 aliphatic rings. The lowest BCUT2D eigenvalue weighted by atomic mass is 9.91. The first-order valence-electron chi connectivity index (χ1n) is 7.37. The monoisotopic (exact) mass is 309 g/mol. The molecular formula is C16H23NO3S. The van der Waals surface area contributed by atoms with Crippen molar-refractivity contribution in [3.63, 3.8) is 0 Å². The molecule has 1 saturated heterocycles. The van der Waals surface area contributed by atoms with Gasteiger partial charge in [-0.25, -0.2) is 12.7 Å². The molecule has 1 aromatic rings. The molecule has 1 unspecified atom stereocenters. The van der Waals surface area contributed by atoms with Crippen LogP contribution in [-0.4, -0.2) is 37.9 Å². The van der Waals surface area contributed by atoms with E-state index in [0.717, 1.165) is 24.0 Å². The normalized spacial score (nSPS) is 20.4. The van der Waals surface area contributed by atoms with Crippen molar-refractivity contribution in [1.82, 2.24) is 4.31 Å². The third kappa shape index (κ3) is 4.64. The van der Waals surface area contributed by atoms with Crippen LogP contribution in [0.25, 0.3) is 0 Å². The average molecular weight is 309 g/mol. The van der Waals surface area contributed by atoms with E-state index in [1.807, 2.05) is 31.2 Å². The quantitative estimate of drug-likeness (QED) is 0.837. The number of benzene rings is 1. The fourth-order valence-corrected chi connectivity index (χ4v) is 3.85. The number of carbonyl (C=O) groups excluding carboxylic acids is 1. The van der Waals surface area contributed by atoms with Crippen LogP contribution in [0.1, 0.15) is 30.4 Å². The van der Waals surface area contributed by atoms with Crippen molar-refractivity contribution in [1.29, 1.82) is 0 Å². The molecule has 0 radical (unpaired) electrons. The largest absolute Gasteiger partial charge is 0.299 e. The zero-order valence-electron chi connectivity index (χ0n) is 12.7. The number of hydrogen-bond donors (Lipinski definition) is 0. The van der Waals surface area contributed by atoms with Crippen LogP contribution >= 0.6 is 0 Å². The van der Waals surface area contributed by atoms with Gasteiger partial charge in [-0.3, -0.25) is 4.79 Å². The number of sulfonamides is 1. The molecule has 5 heteroatoms. The molecule has 0 aliphatic carbocycles. The van der Waals surface area contributed by atoms with Gasteiger partial charge in [-0.15, -0.1) is 0 Å². The molecule has 0 N–H and O–H groups in total. The molecule has 1 aromatic carbocycles. The van der Waals surface area contributed by atoms with Crippen molar-refractivity contribution in [2.24, 2.45) is 5.92 Å². The standard InChI is InChI=1S/C16H23NO3S/c1-13-6-3-4-8-15(13)11-16(18)10-14-7-5-9-17(12-14)21(2,19)20/h3-4,6,8,14H,5,7,9-12H2,1-2H3. The zero-order valence-corrected chi connectivity index (χ0v) is 13.5. The number of aryl methyl sites for hydroxylation is 1. The van der Waals surface area contributed by atoms with Gasteiger partial charge in [0.15, 0.2) is 0 Å². The van der Waals surface area contributed by atoms with Gasteiger partial charge >= 0.3 is 0 Å². The van der Waals surface area contributed by atoms with Gasteiger partial charge in [-0.2, -0.15) is 0 Å². The van der Waals surface area contributed by atoms with E-state index in [9.17, 15) is 13.2 Å². The fourth-order valence-electron chi connectivity index (χ4n) is 2.91. The van der Waals surface area contributed by atoms with Crippen LogP contribution in [0.2, 0.25) is 0 Å².